The third kappa shape index (κ3) is 5.46. The van der Waals surface area contributed by atoms with Crippen LogP contribution in [0.3, 0.4) is 0 Å². The molecule has 1 aliphatic carbocycles. The van der Waals surface area contributed by atoms with Gasteiger partial charge in [-0.05, 0) is 120 Å². The SMILES string of the molecule is c1ccc(C2(c3ccccc3)c3ccccc3-c3cc(N(c4ccc5ccc6c7ccccc7ccc6c5c4)c4ccc5c6ccccc6n(-c6cccc7c6oc6ccccc67)c5c4)ccc32)cc1. The third-order valence-corrected chi connectivity index (χ3v) is 15.2. The molecule has 0 fully saturated rings. The maximum atomic E-state index is 6.75. The molecule has 0 saturated carbocycles. The highest BCUT2D eigenvalue weighted by molar-refractivity contribution is 6.18. The van der Waals surface area contributed by atoms with Crippen molar-refractivity contribution in [1.29, 1.82) is 0 Å². The topological polar surface area (TPSA) is 21.3 Å². The summed E-state index contributed by atoms with van der Waals surface area (Å²) in [7, 11) is 0. The van der Waals surface area contributed by atoms with E-state index in [-0.39, 0.29) is 0 Å². The van der Waals surface area contributed by atoms with Gasteiger partial charge in [-0.3, -0.25) is 0 Å². The third-order valence-electron chi connectivity index (χ3n) is 15.2. The van der Waals surface area contributed by atoms with Gasteiger partial charge in [-0.1, -0.05) is 200 Å². The lowest BCUT2D eigenvalue weighted by molar-refractivity contribution is 0.666. The average Bonchev–Trinajstić information content (AvgIpc) is 4.08. The van der Waals surface area contributed by atoms with E-state index in [0.717, 1.165) is 55.7 Å². The van der Waals surface area contributed by atoms with Crippen molar-refractivity contribution < 1.29 is 4.42 Å². The van der Waals surface area contributed by atoms with Gasteiger partial charge in [0.25, 0.3) is 0 Å². The van der Waals surface area contributed by atoms with Crippen LogP contribution in [0.1, 0.15) is 22.3 Å². The Hall–Kier alpha value is -9.18. The van der Waals surface area contributed by atoms with E-state index in [4.69, 9.17) is 4.42 Å². The van der Waals surface area contributed by atoms with Gasteiger partial charge in [0.2, 0.25) is 0 Å². The van der Waals surface area contributed by atoms with Crippen molar-refractivity contribution in [2.45, 2.75) is 5.41 Å². The Morgan fingerprint density at radius 2 is 0.886 bits per heavy atom. The highest BCUT2D eigenvalue weighted by Crippen LogP contribution is 2.57. The lowest BCUT2D eigenvalue weighted by Gasteiger charge is -2.34. The number of benzene rings is 12. The Labute approximate surface area is 404 Å². The van der Waals surface area contributed by atoms with Crippen molar-refractivity contribution in [3.05, 3.63) is 277 Å². The van der Waals surface area contributed by atoms with E-state index in [0.29, 0.717) is 0 Å². The molecule has 326 valence electrons. The van der Waals surface area contributed by atoms with E-state index in [9.17, 15) is 0 Å². The fourth-order valence-corrected chi connectivity index (χ4v) is 12.2. The van der Waals surface area contributed by atoms with E-state index in [1.165, 1.54) is 76.5 Å². The monoisotopic (exact) mass is 890 g/mol. The molecule has 0 spiro atoms. The second kappa shape index (κ2) is 14.9. The summed E-state index contributed by atoms with van der Waals surface area (Å²) < 4.78 is 9.15. The Kier molecular flexibility index (Phi) is 8.28. The van der Waals surface area contributed by atoms with Crippen LogP contribution < -0.4 is 4.90 Å². The second-order valence-corrected chi connectivity index (χ2v) is 18.8. The molecule has 0 amide bonds. The first-order valence-electron chi connectivity index (χ1n) is 24.2. The van der Waals surface area contributed by atoms with Crippen molar-refractivity contribution in [2.75, 3.05) is 4.90 Å². The standard InChI is InChI=1S/C67H42N2O/c1-3-17-45(18-4-1)67(46-19-5-2-6-20-46)60-26-12-9-22-53(60)59-41-48(35-39-61(59)67)68(47-33-30-44-32-36-51-50-21-8-7-16-43(50)31-37-52(51)58(44)40-47)49-34-38-55-54-23-10-13-27-62(54)69(64(55)42-49)63-28-15-25-57-56-24-11-14-29-65(56)70-66(57)63/h1-42H. The fraction of sp³-hybridized carbons (Fsp3) is 0.0149. The van der Waals surface area contributed by atoms with Crippen molar-refractivity contribution in [3.63, 3.8) is 0 Å². The quantitative estimate of drug-likeness (QED) is 0.155. The average molecular weight is 891 g/mol. The van der Waals surface area contributed by atoms with Crippen molar-refractivity contribution >= 4 is 93.1 Å². The largest absolute Gasteiger partial charge is 0.454 e. The van der Waals surface area contributed by atoms with Crippen LogP contribution in [0.4, 0.5) is 17.1 Å². The summed E-state index contributed by atoms with van der Waals surface area (Å²) in [4.78, 5) is 2.47. The number of hydrogen-bond acceptors (Lipinski definition) is 2. The summed E-state index contributed by atoms with van der Waals surface area (Å²) in [6.07, 6.45) is 0. The van der Waals surface area contributed by atoms with Crippen LogP contribution in [0.15, 0.2) is 259 Å². The molecule has 2 heterocycles. The molecule has 1 aliphatic rings. The first-order valence-corrected chi connectivity index (χ1v) is 24.2. The van der Waals surface area contributed by atoms with Gasteiger partial charge in [0, 0.05) is 38.6 Å². The molecule has 12 aromatic carbocycles. The number of fused-ring (bicyclic) bond motifs is 14. The zero-order valence-electron chi connectivity index (χ0n) is 38.1. The van der Waals surface area contributed by atoms with E-state index in [1.807, 2.05) is 6.07 Å². The predicted molar refractivity (Wildman–Crippen MR) is 293 cm³/mol. The van der Waals surface area contributed by atoms with Gasteiger partial charge in [-0.25, -0.2) is 0 Å². The molecule has 14 aromatic rings. The summed E-state index contributed by atoms with van der Waals surface area (Å²) in [5.41, 5.74) is 15.3. The summed E-state index contributed by atoms with van der Waals surface area (Å²) >= 11 is 0. The van der Waals surface area contributed by atoms with E-state index < -0.39 is 5.41 Å². The molecule has 0 radical (unpaired) electrons. The maximum absolute atomic E-state index is 6.75. The molecule has 15 rings (SSSR count). The van der Waals surface area contributed by atoms with Crippen LogP contribution in [0.5, 0.6) is 0 Å². The Balaban J connectivity index is 1.01. The molecule has 3 heteroatoms. The molecule has 0 atom stereocenters. The lowest BCUT2D eigenvalue weighted by atomic mass is 9.68. The normalized spacial score (nSPS) is 13.0. The van der Waals surface area contributed by atoms with Gasteiger partial charge in [-0.15, -0.1) is 0 Å². The van der Waals surface area contributed by atoms with Gasteiger partial charge < -0.3 is 13.9 Å². The van der Waals surface area contributed by atoms with Crippen LogP contribution in [0, 0.1) is 0 Å². The van der Waals surface area contributed by atoms with Crippen LogP contribution in [-0.2, 0) is 5.41 Å². The number of aromatic nitrogens is 1. The summed E-state index contributed by atoms with van der Waals surface area (Å²) in [5.74, 6) is 0. The van der Waals surface area contributed by atoms with Gasteiger partial charge >= 0.3 is 0 Å². The minimum atomic E-state index is -0.500. The summed E-state index contributed by atoms with van der Waals surface area (Å²) in [6, 6.07) is 93.8. The van der Waals surface area contributed by atoms with Gasteiger partial charge in [-0.2, -0.15) is 0 Å². The molecule has 2 aromatic heterocycles. The van der Waals surface area contributed by atoms with Crippen LogP contribution >= 0.6 is 0 Å². The summed E-state index contributed by atoms with van der Waals surface area (Å²) in [5, 5.41) is 12.0. The zero-order chi connectivity index (χ0) is 45.9. The molecule has 0 N–H and O–H groups in total. The van der Waals surface area contributed by atoms with Crippen LogP contribution in [0.25, 0.3) is 92.9 Å². The number of para-hydroxylation sites is 3. The molecule has 70 heavy (non-hydrogen) atoms. The molecule has 0 unspecified atom stereocenters. The maximum Gasteiger partial charge on any atom is 0.159 e. The molecule has 3 nitrogen and oxygen atoms in total. The number of hydrogen-bond donors (Lipinski definition) is 0. The number of rotatable bonds is 6. The number of anilines is 3. The highest BCUT2D eigenvalue weighted by atomic mass is 16.3. The highest BCUT2D eigenvalue weighted by Gasteiger charge is 2.46. The number of furan rings is 1. The number of nitrogens with zero attached hydrogens (tertiary/aromatic N) is 2. The first-order chi connectivity index (χ1) is 34.7. The van der Waals surface area contributed by atoms with Crippen LogP contribution in [0.2, 0.25) is 0 Å². The second-order valence-electron chi connectivity index (χ2n) is 18.8. The van der Waals surface area contributed by atoms with Gasteiger partial charge in [0.05, 0.1) is 22.1 Å². The molecule has 0 aliphatic heterocycles. The minimum absolute atomic E-state index is 0.500. The lowest BCUT2D eigenvalue weighted by Crippen LogP contribution is -2.28. The molecular weight excluding hydrogens is 849 g/mol. The fourth-order valence-electron chi connectivity index (χ4n) is 12.2. The minimum Gasteiger partial charge on any atom is -0.454 e. The Bertz CT molecular complexity index is 4390. The Morgan fingerprint density at radius 1 is 0.329 bits per heavy atom. The van der Waals surface area contributed by atoms with E-state index >= 15 is 0 Å². The van der Waals surface area contributed by atoms with Crippen molar-refractivity contribution in [2.24, 2.45) is 0 Å². The summed E-state index contributed by atoms with van der Waals surface area (Å²) in [6.45, 7) is 0. The molecular formula is C67H42N2O. The predicted octanol–water partition coefficient (Wildman–Crippen LogP) is 18.0. The van der Waals surface area contributed by atoms with Crippen LogP contribution in [-0.4, -0.2) is 4.57 Å². The van der Waals surface area contributed by atoms with E-state index in [1.54, 1.807) is 0 Å². The van der Waals surface area contributed by atoms with Crippen molar-refractivity contribution in [3.8, 4) is 16.8 Å². The Morgan fingerprint density at radius 3 is 1.71 bits per heavy atom. The van der Waals surface area contributed by atoms with Gasteiger partial charge in [0.15, 0.2) is 5.58 Å². The molecule has 0 bridgehead atoms. The zero-order valence-corrected chi connectivity index (χ0v) is 38.1. The first kappa shape index (κ1) is 38.9. The smallest absolute Gasteiger partial charge is 0.159 e. The van der Waals surface area contributed by atoms with E-state index in [2.05, 4.69) is 258 Å². The van der Waals surface area contributed by atoms with Gasteiger partial charge in [0.1, 0.15) is 5.58 Å². The van der Waals surface area contributed by atoms with Crippen molar-refractivity contribution in [1.82, 2.24) is 4.57 Å². The molecule has 0 saturated heterocycles.